The number of benzene rings is 1. The van der Waals surface area contributed by atoms with Gasteiger partial charge in [0.1, 0.15) is 11.5 Å². The SMILES string of the molecule is CCCOc1ccc(C/C=C(\C)CC(=O)CCCCCOC2CCC2)cc1. The van der Waals surface area contributed by atoms with Gasteiger partial charge in [0, 0.05) is 19.4 Å². The molecule has 1 aromatic carbocycles. The molecule has 0 spiro atoms. The summed E-state index contributed by atoms with van der Waals surface area (Å²) in [5, 5.41) is 0. The van der Waals surface area contributed by atoms with Crippen molar-refractivity contribution in [3.05, 3.63) is 41.5 Å². The highest BCUT2D eigenvalue weighted by Crippen LogP contribution is 2.22. The molecular formula is C24H36O3. The summed E-state index contributed by atoms with van der Waals surface area (Å²) in [5.74, 6) is 1.28. The van der Waals surface area contributed by atoms with Crippen molar-refractivity contribution in [2.75, 3.05) is 13.2 Å². The summed E-state index contributed by atoms with van der Waals surface area (Å²) >= 11 is 0. The largest absolute Gasteiger partial charge is 0.494 e. The van der Waals surface area contributed by atoms with Gasteiger partial charge in [0.15, 0.2) is 0 Å². The zero-order chi connectivity index (χ0) is 19.3. The van der Waals surface area contributed by atoms with Gasteiger partial charge in [0.05, 0.1) is 12.7 Å². The molecule has 3 heteroatoms. The zero-order valence-corrected chi connectivity index (χ0v) is 17.2. The minimum absolute atomic E-state index is 0.354. The van der Waals surface area contributed by atoms with Crippen LogP contribution in [0.25, 0.3) is 0 Å². The number of Topliss-reactive ketones (excluding diaryl/α,β-unsaturated/α-hetero) is 1. The van der Waals surface area contributed by atoms with Crippen LogP contribution in [0.1, 0.15) is 77.2 Å². The highest BCUT2D eigenvalue weighted by atomic mass is 16.5. The molecule has 0 N–H and O–H groups in total. The molecule has 1 saturated carbocycles. The molecule has 0 aromatic heterocycles. The first-order valence-electron chi connectivity index (χ1n) is 10.7. The molecule has 3 nitrogen and oxygen atoms in total. The van der Waals surface area contributed by atoms with E-state index < -0.39 is 0 Å². The van der Waals surface area contributed by atoms with Gasteiger partial charge in [-0.15, -0.1) is 0 Å². The molecule has 0 atom stereocenters. The van der Waals surface area contributed by atoms with Gasteiger partial charge in [0.25, 0.3) is 0 Å². The van der Waals surface area contributed by atoms with Crippen molar-refractivity contribution in [2.45, 2.75) is 84.2 Å². The molecule has 0 unspecified atom stereocenters. The van der Waals surface area contributed by atoms with Crippen molar-refractivity contribution in [2.24, 2.45) is 0 Å². The Morgan fingerprint density at radius 3 is 2.56 bits per heavy atom. The van der Waals surface area contributed by atoms with Crippen LogP contribution in [-0.4, -0.2) is 25.1 Å². The maximum atomic E-state index is 12.1. The molecule has 0 aliphatic heterocycles. The molecule has 0 bridgehead atoms. The molecule has 1 aromatic rings. The van der Waals surface area contributed by atoms with E-state index in [1.165, 1.54) is 30.4 Å². The molecule has 1 fully saturated rings. The summed E-state index contributed by atoms with van der Waals surface area (Å²) in [6.07, 6.45) is 12.8. The summed E-state index contributed by atoms with van der Waals surface area (Å²) in [4.78, 5) is 12.1. The van der Waals surface area contributed by atoms with Crippen LogP contribution in [0, 0.1) is 0 Å². The van der Waals surface area contributed by atoms with Crippen molar-refractivity contribution in [3.63, 3.8) is 0 Å². The Balaban J connectivity index is 1.56. The smallest absolute Gasteiger partial charge is 0.136 e. The number of carbonyl (C=O) groups is 1. The fourth-order valence-electron chi connectivity index (χ4n) is 3.09. The number of rotatable bonds is 14. The summed E-state index contributed by atoms with van der Waals surface area (Å²) in [6.45, 7) is 5.78. The van der Waals surface area contributed by atoms with E-state index >= 15 is 0 Å². The Morgan fingerprint density at radius 1 is 1.11 bits per heavy atom. The summed E-state index contributed by atoms with van der Waals surface area (Å²) in [7, 11) is 0. The van der Waals surface area contributed by atoms with Crippen molar-refractivity contribution in [1.82, 2.24) is 0 Å². The topological polar surface area (TPSA) is 35.5 Å². The molecule has 150 valence electrons. The third-order valence-corrected chi connectivity index (χ3v) is 5.06. The third-order valence-electron chi connectivity index (χ3n) is 5.06. The van der Waals surface area contributed by atoms with Gasteiger partial charge in [-0.05, 0) is 69.6 Å². The van der Waals surface area contributed by atoms with E-state index in [9.17, 15) is 4.79 Å². The van der Waals surface area contributed by atoms with Crippen LogP contribution in [0.3, 0.4) is 0 Å². The number of unbranched alkanes of at least 4 members (excludes halogenated alkanes) is 2. The normalized spacial score (nSPS) is 14.8. The highest BCUT2D eigenvalue weighted by Gasteiger charge is 2.17. The summed E-state index contributed by atoms with van der Waals surface area (Å²) in [5.41, 5.74) is 2.41. The van der Waals surface area contributed by atoms with Crippen molar-refractivity contribution in [3.8, 4) is 5.75 Å². The first-order valence-corrected chi connectivity index (χ1v) is 10.7. The molecule has 0 heterocycles. The van der Waals surface area contributed by atoms with E-state index in [1.807, 2.05) is 12.1 Å². The van der Waals surface area contributed by atoms with Crippen molar-refractivity contribution >= 4 is 5.78 Å². The molecule has 0 amide bonds. The Morgan fingerprint density at radius 2 is 1.89 bits per heavy atom. The average Bonchev–Trinajstić information content (AvgIpc) is 2.63. The molecule has 0 saturated heterocycles. The van der Waals surface area contributed by atoms with Gasteiger partial charge in [-0.1, -0.05) is 37.1 Å². The number of ketones is 1. The minimum atomic E-state index is 0.354. The lowest BCUT2D eigenvalue weighted by molar-refractivity contribution is -0.118. The van der Waals surface area contributed by atoms with Crippen LogP contribution in [-0.2, 0) is 16.0 Å². The first-order chi connectivity index (χ1) is 13.2. The lowest BCUT2D eigenvalue weighted by Gasteiger charge is -2.25. The van der Waals surface area contributed by atoms with Gasteiger partial charge in [0.2, 0.25) is 0 Å². The maximum Gasteiger partial charge on any atom is 0.136 e. The van der Waals surface area contributed by atoms with Crippen molar-refractivity contribution < 1.29 is 14.3 Å². The quantitative estimate of drug-likeness (QED) is 0.294. The Bertz CT molecular complexity index is 570. The molecule has 1 aliphatic rings. The van der Waals surface area contributed by atoms with Gasteiger partial charge < -0.3 is 9.47 Å². The fraction of sp³-hybridized carbons (Fsp3) is 0.625. The Kier molecular flexibility index (Phi) is 10.2. The molecule has 1 aliphatic carbocycles. The lowest BCUT2D eigenvalue weighted by atomic mass is 9.96. The average molecular weight is 373 g/mol. The number of ether oxygens (including phenoxy) is 2. The summed E-state index contributed by atoms with van der Waals surface area (Å²) < 4.78 is 11.4. The van der Waals surface area contributed by atoms with E-state index in [2.05, 4.69) is 32.1 Å². The van der Waals surface area contributed by atoms with Crippen LogP contribution in [0.5, 0.6) is 5.75 Å². The summed E-state index contributed by atoms with van der Waals surface area (Å²) in [6, 6.07) is 8.24. The van der Waals surface area contributed by atoms with Gasteiger partial charge in [-0.25, -0.2) is 0 Å². The molecule has 0 radical (unpaired) electrons. The number of hydrogen-bond acceptors (Lipinski definition) is 3. The second-order valence-corrected chi connectivity index (χ2v) is 7.70. The van der Waals surface area contributed by atoms with Crippen LogP contribution < -0.4 is 4.74 Å². The number of allylic oxidation sites excluding steroid dienone is 2. The third kappa shape index (κ3) is 9.23. The number of hydrogen-bond donors (Lipinski definition) is 0. The van der Waals surface area contributed by atoms with E-state index in [4.69, 9.17) is 9.47 Å². The van der Waals surface area contributed by atoms with E-state index in [0.29, 0.717) is 24.7 Å². The number of carbonyl (C=O) groups excluding carboxylic acids is 1. The zero-order valence-electron chi connectivity index (χ0n) is 17.2. The van der Waals surface area contributed by atoms with Crippen LogP contribution in [0.15, 0.2) is 35.9 Å². The van der Waals surface area contributed by atoms with E-state index in [-0.39, 0.29) is 0 Å². The Hall–Kier alpha value is -1.61. The van der Waals surface area contributed by atoms with Gasteiger partial charge in [-0.2, -0.15) is 0 Å². The lowest BCUT2D eigenvalue weighted by Crippen LogP contribution is -2.21. The highest BCUT2D eigenvalue weighted by molar-refractivity contribution is 5.80. The monoisotopic (exact) mass is 372 g/mol. The first kappa shape index (κ1) is 21.7. The van der Waals surface area contributed by atoms with Gasteiger partial charge >= 0.3 is 0 Å². The predicted molar refractivity (Wildman–Crippen MR) is 111 cm³/mol. The molecule has 27 heavy (non-hydrogen) atoms. The van der Waals surface area contributed by atoms with E-state index in [0.717, 1.165) is 51.1 Å². The molecule has 2 rings (SSSR count). The molecular weight excluding hydrogens is 336 g/mol. The van der Waals surface area contributed by atoms with E-state index in [1.54, 1.807) is 0 Å². The van der Waals surface area contributed by atoms with Crippen molar-refractivity contribution in [1.29, 1.82) is 0 Å². The van der Waals surface area contributed by atoms with Crippen LogP contribution >= 0.6 is 0 Å². The maximum absolute atomic E-state index is 12.1. The van der Waals surface area contributed by atoms with Crippen LogP contribution in [0.2, 0.25) is 0 Å². The van der Waals surface area contributed by atoms with Gasteiger partial charge in [-0.3, -0.25) is 4.79 Å². The second kappa shape index (κ2) is 12.7. The minimum Gasteiger partial charge on any atom is -0.494 e. The standard InChI is InChI=1S/C24H36O3/c1-3-17-26-24-15-13-21(14-16-24)12-11-20(2)19-22(25)8-5-4-6-18-27-23-9-7-10-23/h11,13-16,23H,3-10,12,17-19H2,1-2H3/b20-11+. The fourth-order valence-corrected chi connectivity index (χ4v) is 3.09. The second-order valence-electron chi connectivity index (χ2n) is 7.70. The van der Waals surface area contributed by atoms with Crippen LogP contribution in [0.4, 0.5) is 0 Å². The Labute approximate surface area is 165 Å². The predicted octanol–water partition coefficient (Wildman–Crippen LogP) is 6.05.